The Morgan fingerprint density at radius 2 is 1.87 bits per heavy atom. The molecule has 0 atom stereocenters. The van der Waals surface area contributed by atoms with Crippen molar-refractivity contribution in [3.8, 4) is 0 Å². The number of nitrogens with one attached hydrogen (secondary N) is 1. The molecule has 2 aliphatic rings. The highest BCUT2D eigenvalue weighted by atomic mass is 16.6. The van der Waals surface area contributed by atoms with Crippen molar-refractivity contribution in [1.82, 2.24) is 9.97 Å². The first-order valence-electron chi connectivity index (χ1n) is 8.34. The average Bonchev–Trinajstić information content (AvgIpc) is 2.84. The zero-order valence-electron chi connectivity index (χ0n) is 13.2. The van der Waals surface area contributed by atoms with Crippen molar-refractivity contribution in [2.75, 3.05) is 36.5 Å². The van der Waals surface area contributed by atoms with E-state index in [1.165, 1.54) is 19.2 Å². The number of hydrogen-bond acceptors (Lipinski definition) is 7. The van der Waals surface area contributed by atoms with Crippen LogP contribution in [0.4, 0.5) is 17.3 Å². The maximum Gasteiger partial charge on any atom is 0.353 e. The van der Waals surface area contributed by atoms with Crippen LogP contribution in [-0.4, -0.2) is 47.2 Å². The summed E-state index contributed by atoms with van der Waals surface area (Å²) in [6, 6.07) is 0.253. The van der Waals surface area contributed by atoms with Gasteiger partial charge in [-0.1, -0.05) is 25.7 Å². The van der Waals surface area contributed by atoms with Gasteiger partial charge in [-0.2, -0.15) is 0 Å². The maximum absolute atomic E-state index is 11.6. The van der Waals surface area contributed by atoms with Gasteiger partial charge in [0.2, 0.25) is 11.6 Å². The minimum Gasteiger partial charge on any atom is -0.378 e. The van der Waals surface area contributed by atoms with Crippen molar-refractivity contribution in [2.24, 2.45) is 0 Å². The largest absolute Gasteiger partial charge is 0.378 e. The van der Waals surface area contributed by atoms with Gasteiger partial charge < -0.3 is 15.0 Å². The van der Waals surface area contributed by atoms with E-state index >= 15 is 0 Å². The van der Waals surface area contributed by atoms with E-state index in [4.69, 9.17) is 4.74 Å². The van der Waals surface area contributed by atoms with Crippen LogP contribution >= 0.6 is 0 Å². The van der Waals surface area contributed by atoms with Crippen LogP contribution in [0.5, 0.6) is 0 Å². The summed E-state index contributed by atoms with van der Waals surface area (Å²) in [6.45, 7) is 2.35. The number of morpholine rings is 1. The number of anilines is 2. The van der Waals surface area contributed by atoms with E-state index in [9.17, 15) is 10.1 Å². The van der Waals surface area contributed by atoms with E-state index in [0.29, 0.717) is 37.9 Å². The Morgan fingerprint density at radius 1 is 1.17 bits per heavy atom. The first kappa shape index (κ1) is 15.9. The SMILES string of the molecule is O=[N+]([O-])c1c(NC2CCCCCC2)ncnc1N1CCOCC1. The van der Waals surface area contributed by atoms with Crippen LogP contribution in [0.2, 0.25) is 0 Å². The summed E-state index contributed by atoms with van der Waals surface area (Å²) in [4.78, 5) is 21.5. The molecular weight excluding hydrogens is 298 g/mol. The fourth-order valence-corrected chi connectivity index (χ4v) is 3.27. The fourth-order valence-electron chi connectivity index (χ4n) is 3.27. The molecule has 1 aliphatic carbocycles. The highest BCUT2D eigenvalue weighted by Crippen LogP contribution is 2.33. The van der Waals surface area contributed by atoms with Crippen molar-refractivity contribution in [1.29, 1.82) is 0 Å². The molecule has 1 saturated carbocycles. The molecule has 126 valence electrons. The Bertz CT molecular complexity index is 540. The van der Waals surface area contributed by atoms with E-state index in [2.05, 4.69) is 15.3 Å². The quantitative estimate of drug-likeness (QED) is 0.517. The normalized spacial score (nSPS) is 20.1. The third-order valence-electron chi connectivity index (χ3n) is 4.49. The Hall–Kier alpha value is -1.96. The minimum absolute atomic E-state index is 0.0151. The van der Waals surface area contributed by atoms with Crippen LogP contribution in [0.15, 0.2) is 6.33 Å². The molecule has 0 aromatic carbocycles. The second kappa shape index (κ2) is 7.54. The van der Waals surface area contributed by atoms with Crippen molar-refractivity contribution in [2.45, 2.75) is 44.6 Å². The van der Waals surface area contributed by atoms with Crippen LogP contribution in [0.3, 0.4) is 0 Å². The van der Waals surface area contributed by atoms with Gasteiger partial charge in [-0.25, -0.2) is 9.97 Å². The fraction of sp³-hybridized carbons (Fsp3) is 0.733. The Labute approximate surface area is 135 Å². The molecule has 1 aliphatic heterocycles. The summed E-state index contributed by atoms with van der Waals surface area (Å²) in [7, 11) is 0. The Morgan fingerprint density at radius 3 is 2.52 bits per heavy atom. The first-order chi connectivity index (χ1) is 11.3. The van der Waals surface area contributed by atoms with E-state index < -0.39 is 0 Å². The van der Waals surface area contributed by atoms with Crippen LogP contribution in [-0.2, 0) is 4.74 Å². The highest BCUT2D eigenvalue weighted by Gasteiger charge is 2.29. The molecule has 0 spiro atoms. The van der Waals surface area contributed by atoms with Gasteiger partial charge in [0, 0.05) is 19.1 Å². The average molecular weight is 321 g/mol. The summed E-state index contributed by atoms with van der Waals surface area (Å²) < 4.78 is 5.32. The van der Waals surface area contributed by atoms with E-state index in [-0.39, 0.29) is 16.7 Å². The number of ether oxygens (including phenoxy) is 1. The molecule has 0 radical (unpaired) electrons. The molecule has 1 N–H and O–H groups in total. The van der Waals surface area contributed by atoms with Gasteiger partial charge in [0.15, 0.2) is 0 Å². The molecule has 8 nitrogen and oxygen atoms in total. The van der Waals surface area contributed by atoms with Gasteiger partial charge in [-0.05, 0) is 12.8 Å². The topological polar surface area (TPSA) is 93.4 Å². The Balaban J connectivity index is 1.85. The molecule has 23 heavy (non-hydrogen) atoms. The zero-order valence-corrected chi connectivity index (χ0v) is 13.2. The lowest BCUT2D eigenvalue weighted by Crippen LogP contribution is -2.37. The van der Waals surface area contributed by atoms with Crippen LogP contribution in [0.1, 0.15) is 38.5 Å². The molecule has 3 rings (SSSR count). The number of nitrogens with zero attached hydrogens (tertiary/aromatic N) is 4. The van der Waals surface area contributed by atoms with E-state index in [0.717, 1.165) is 25.7 Å². The second-order valence-electron chi connectivity index (χ2n) is 6.08. The Kier molecular flexibility index (Phi) is 5.22. The van der Waals surface area contributed by atoms with Crippen LogP contribution < -0.4 is 10.2 Å². The maximum atomic E-state index is 11.6. The summed E-state index contributed by atoms with van der Waals surface area (Å²) in [6.07, 6.45) is 8.28. The minimum atomic E-state index is -0.371. The molecule has 0 bridgehead atoms. The zero-order chi connectivity index (χ0) is 16.1. The lowest BCUT2D eigenvalue weighted by Gasteiger charge is -2.27. The first-order valence-corrected chi connectivity index (χ1v) is 8.34. The van der Waals surface area contributed by atoms with Crippen molar-refractivity contribution < 1.29 is 9.66 Å². The van der Waals surface area contributed by atoms with Crippen molar-refractivity contribution >= 4 is 17.3 Å². The standard InChI is InChI=1S/C15H23N5O3/c21-20(22)13-14(18-12-5-3-1-2-4-6-12)16-11-17-15(13)19-7-9-23-10-8-19/h11-12H,1-10H2,(H,16,17,18). The highest BCUT2D eigenvalue weighted by molar-refractivity contribution is 5.70. The molecule has 0 unspecified atom stereocenters. The molecule has 8 heteroatoms. The van der Waals surface area contributed by atoms with Gasteiger partial charge in [0.25, 0.3) is 0 Å². The summed E-state index contributed by atoms with van der Waals surface area (Å²) in [5.41, 5.74) is -0.0151. The van der Waals surface area contributed by atoms with Crippen molar-refractivity contribution in [3.63, 3.8) is 0 Å². The number of nitro groups is 1. The molecular formula is C15H23N5O3. The third kappa shape index (κ3) is 3.87. The molecule has 0 amide bonds. The van der Waals surface area contributed by atoms with Crippen LogP contribution in [0.25, 0.3) is 0 Å². The van der Waals surface area contributed by atoms with E-state index in [1.54, 1.807) is 0 Å². The smallest absolute Gasteiger partial charge is 0.353 e. The number of rotatable bonds is 4. The van der Waals surface area contributed by atoms with Gasteiger partial charge >= 0.3 is 5.69 Å². The van der Waals surface area contributed by atoms with Crippen LogP contribution in [0, 0.1) is 10.1 Å². The summed E-state index contributed by atoms with van der Waals surface area (Å²) in [5, 5.41) is 14.9. The van der Waals surface area contributed by atoms with Gasteiger partial charge in [-0.3, -0.25) is 10.1 Å². The third-order valence-corrected chi connectivity index (χ3v) is 4.49. The van der Waals surface area contributed by atoms with Gasteiger partial charge in [0.05, 0.1) is 18.1 Å². The molecule has 1 aromatic rings. The predicted octanol–water partition coefficient (Wildman–Crippen LogP) is 2.36. The van der Waals surface area contributed by atoms with Gasteiger partial charge in [0.1, 0.15) is 6.33 Å². The lowest BCUT2D eigenvalue weighted by atomic mass is 10.1. The summed E-state index contributed by atoms with van der Waals surface area (Å²) >= 11 is 0. The number of hydrogen-bond donors (Lipinski definition) is 1. The van der Waals surface area contributed by atoms with Crippen molar-refractivity contribution in [3.05, 3.63) is 16.4 Å². The molecule has 2 heterocycles. The number of aromatic nitrogens is 2. The molecule has 2 fully saturated rings. The lowest BCUT2D eigenvalue weighted by molar-refractivity contribution is -0.383. The molecule has 1 saturated heterocycles. The predicted molar refractivity (Wildman–Crippen MR) is 86.8 cm³/mol. The second-order valence-corrected chi connectivity index (χ2v) is 6.08. The van der Waals surface area contributed by atoms with E-state index in [1.807, 2.05) is 4.90 Å². The monoisotopic (exact) mass is 321 g/mol. The summed E-state index contributed by atoms with van der Waals surface area (Å²) in [5.74, 6) is 0.739. The molecule has 1 aromatic heterocycles. The van der Waals surface area contributed by atoms with Gasteiger partial charge in [-0.15, -0.1) is 0 Å².